The van der Waals surface area contributed by atoms with Crippen LogP contribution in [-0.4, -0.2) is 11.9 Å². The van der Waals surface area contributed by atoms with Crippen LogP contribution < -0.4 is 16.9 Å². The third kappa shape index (κ3) is 5.03. The quantitative estimate of drug-likeness (QED) is 0.571. The minimum atomic E-state index is -0.826. The first-order valence-electron chi connectivity index (χ1n) is 7.29. The van der Waals surface area contributed by atoms with E-state index in [0.717, 1.165) is 16.5 Å². The van der Waals surface area contributed by atoms with Gasteiger partial charge in [-0.15, -0.1) is 4.48 Å². The molecule has 0 saturated carbocycles. The number of carbonyl (C=O) groups excluding carboxylic acids is 1. The van der Waals surface area contributed by atoms with E-state index >= 15 is 0 Å². The maximum atomic E-state index is 11.7. The molecule has 1 amide bonds. The fourth-order valence-corrected chi connectivity index (χ4v) is 2.04. The molecule has 0 fully saturated rings. The summed E-state index contributed by atoms with van der Waals surface area (Å²) < 4.78 is 16.6. The zero-order valence-corrected chi connectivity index (χ0v) is 12.8. The summed E-state index contributed by atoms with van der Waals surface area (Å²) in [5.74, 6) is -0.788. The maximum absolute atomic E-state index is 11.7. The predicted molar refractivity (Wildman–Crippen MR) is 89.9 cm³/mol. The summed E-state index contributed by atoms with van der Waals surface area (Å²) in [6.07, 6.45) is 0.344. The number of fused-ring (bicyclic) bond motifs is 1. The molecule has 1 heterocycles. The SMILES string of the molecule is NC(Cc1ccccc1)C(=O)NF.O=c1ccc2ccccc2o1. The van der Waals surface area contributed by atoms with Gasteiger partial charge in [-0.2, -0.15) is 5.54 Å². The number of rotatable bonds is 3. The molecular formula is C18H17FN2O3. The summed E-state index contributed by atoms with van der Waals surface area (Å²) >= 11 is 0. The number of amides is 1. The topological polar surface area (TPSA) is 85.3 Å². The van der Waals surface area contributed by atoms with Gasteiger partial charge in [-0.25, -0.2) is 4.79 Å². The standard InChI is InChI=1S/C9H11FN2O.C9H6O2/c10-12-9(13)8(11)6-7-4-2-1-3-5-7;10-9-6-5-7-3-1-2-4-8(7)11-9/h1-5,8H,6,11H2,(H,12,13);1-6H. The number of halogens is 1. The van der Waals surface area contributed by atoms with Gasteiger partial charge in [-0.3, -0.25) is 4.79 Å². The molecule has 24 heavy (non-hydrogen) atoms. The average Bonchev–Trinajstić information content (AvgIpc) is 2.62. The first-order valence-corrected chi connectivity index (χ1v) is 7.29. The second kappa shape index (κ2) is 8.59. The van der Waals surface area contributed by atoms with Gasteiger partial charge in [0.15, 0.2) is 0 Å². The van der Waals surface area contributed by atoms with Crippen molar-refractivity contribution in [2.24, 2.45) is 5.73 Å². The van der Waals surface area contributed by atoms with Gasteiger partial charge in [0.25, 0.3) is 5.91 Å². The Kier molecular flexibility index (Phi) is 6.22. The Morgan fingerprint density at radius 2 is 1.71 bits per heavy atom. The zero-order chi connectivity index (χ0) is 17.4. The highest BCUT2D eigenvalue weighted by molar-refractivity contribution is 5.80. The van der Waals surface area contributed by atoms with Crippen molar-refractivity contribution in [1.82, 2.24) is 5.54 Å². The summed E-state index contributed by atoms with van der Waals surface area (Å²) in [6, 6.07) is 19.0. The molecule has 2 aromatic carbocycles. The van der Waals surface area contributed by atoms with Crippen molar-refractivity contribution in [3.05, 3.63) is 82.7 Å². The maximum Gasteiger partial charge on any atom is 0.336 e. The molecule has 0 radical (unpaired) electrons. The molecule has 3 aromatic rings. The molecule has 0 aliphatic carbocycles. The van der Waals surface area contributed by atoms with Crippen LogP contribution in [0.5, 0.6) is 0 Å². The van der Waals surface area contributed by atoms with E-state index < -0.39 is 11.9 Å². The highest BCUT2D eigenvalue weighted by atomic mass is 19.2. The minimum absolute atomic E-state index is 0.302. The number of hydrogen-bond donors (Lipinski definition) is 2. The van der Waals surface area contributed by atoms with E-state index in [4.69, 9.17) is 10.2 Å². The van der Waals surface area contributed by atoms with E-state index in [1.165, 1.54) is 6.07 Å². The van der Waals surface area contributed by atoms with Gasteiger partial charge < -0.3 is 10.2 Å². The largest absolute Gasteiger partial charge is 0.423 e. The number of carbonyl (C=O) groups is 1. The average molecular weight is 328 g/mol. The van der Waals surface area contributed by atoms with Crippen molar-refractivity contribution in [3.63, 3.8) is 0 Å². The zero-order valence-electron chi connectivity index (χ0n) is 12.8. The molecule has 3 rings (SSSR count). The van der Waals surface area contributed by atoms with Gasteiger partial charge in [0, 0.05) is 11.5 Å². The Morgan fingerprint density at radius 3 is 2.42 bits per heavy atom. The van der Waals surface area contributed by atoms with Crippen LogP contribution in [0.3, 0.4) is 0 Å². The highest BCUT2D eigenvalue weighted by Crippen LogP contribution is 2.09. The molecule has 1 atom stereocenters. The molecule has 0 spiro atoms. The Bertz CT molecular complexity index is 849. The van der Waals surface area contributed by atoms with Gasteiger partial charge in [-0.1, -0.05) is 48.5 Å². The minimum Gasteiger partial charge on any atom is -0.423 e. The van der Waals surface area contributed by atoms with Crippen molar-refractivity contribution in [1.29, 1.82) is 0 Å². The molecule has 0 bridgehead atoms. The van der Waals surface area contributed by atoms with Gasteiger partial charge in [0.1, 0.15) is 5.58 Å². The summed E-state index contributed by atoms with van der Waals surface area (Å²) in [6.45, 7) is 0. The predicted octanol–water partition coefficient (Wildman–Crippen LogP) is 2.35. The van der Waals surface area contributed by atoms with Crippen LogP contribution >= 0.6 is 0 Å². The Hall–Kier alpha value is -2.99. The fourth-order valence-electron chi connectivity index (χ4n) is 2.04. The molecule has 6 heteroatoms. The van der Waals surface area contributed by atoms with Crippen LogP contribution in [-0.2, 0) is 11.2 Å². The van der Waals surface area contributed by atoms with Crippen LogP contribution in [0.25, 0.3) is 11.0 Å². The number of para-hydroxylation sites is 1. The van der Waals surface area contributed by atoms with Gasteiger partial charge >= 0.3 is 5.63 Å². The lowest BCUT2D eigenvalue weighted by molar-refractivity contribution is -0.126. The second-order valence-corrected chi connectivity index (χ2v) is 5.05. The second-order valence-electron chi connectivity index (χ2n) is 5.05. The van der Waals surface area contributed by atoms with Crippen molar-refractivity contribution in [2.45, 2.75) is 12.5 Å². The number of hydrogen-bond acceptors (Lipinski definition) is 4. The van der Waals surface area contributed by atoms with E-state index in [1.54, 1.807) is 12.1 Å². The van der Waals surface area contributed by atoms with E-state index in [9.17, 15) is 14.1 Å². The van der Waals surface area contributed by atoms with Crippen LogP contribution in [0.1, 0.15) is 5.56 Å². The number of nitrogens with one attached hydrogen (secondary N) is 1. The third-order valence-electron chi connectivity index (χ3n) is 3.26. The lowest BCUT2D eigenvalue weighted by atomic mass is 10.1. The highest BCUT2D eigenvalue weighted by Gasteiger charge is 2.12. The van der Waals surface area contributed by atoms with E-state index in [2.05, 4.69) is 0 Å². The van der Waals surface area contributed by atoms with Crippen LogP contribution in [0.2, 0.25) is 0 Å². The van der Waals surface area contributed by atoms with Gasteiger partial charge in [0.05, 0.1) is 6.04 Å². The summed E-state index contributed by atoms with van der Waals surface area (Å²) in [5, 5.41) is 0.951. The smallest absolute Gasteiger partial charge is 0.336 e. The molecule has 0 saturated heterocycles. The number of benzene rings is 2. The monoisotopic (exact) mass is 328 g/mol. The first kappa shape index (κ1) is 17.4. The van der Waals surface area contributed by atoms with Crippen molar-refractivity contribution in [2.75, 3.05) is 0 Å². The van der Waals surface area contributed by atoms with Gasteiger partial charge in [0.2, 0.25) is 0 Å². The molecule has 5 nitrogen and oxygen atoms in total. The Labute approximate surface area is 137 Å². The van der Waals surface area contributed by atoms with E-state index in [-0.39, 0.29) is 5.63 Å². The lowest BCUT2D eigenvalue weighted by Crippen LogP contribution is -2.38. The van der Waals surface area contributed by atoms with Crippen LogP contribution in [0.4, 0.5) is 4.48 Å². The van der Waals surface area contributed by atoms with Crippen molar-refractivity contribution < 1.29 is 13.7 Å². The molecular weight excluding hydrogens is 311 g/mol. The molecule has 124 valence electrons. The molecule has 1 unspecified atom stereocenters. The lowest BCUT2D eigenvalue weighted by Gasteiger charge is -2.07. The van der Waals surface area contributed by atoms with Gasteiger partial charge in [-0.05, 0) is 24.1 Å². The molecule has 3 N–H and O–H groups in total. The van der Waals surface area contributed by atoms with Crippen molar-refractivity contribution in [3.8, 4) is 0 Å². The van der Waals surface area contributed by atoms with Crippen molar-refractivity contribution >= 4 is 16.9 Å². The van der Waals surface area contributed by atoms with Crippen LogP contribution in [0.15, 0.2) is 75.9 Å². The Morgan fingerprint density at radius 1 is 1.04 bits per heavy atom. The third-order valence-corrected chi connectivity index (χ3v) is 3.26. The molecule has 0 aliphatic rings. The number of nitrogens with two attached hydrogens (primary N) is 1. The van der Waals surface area contributed by atoms with Crippen LogP contribution in [0, 0.1) is 0 Å². The summed E-state index contributed by atoms with van der Waals surface area (Å²) in [4.78, 5) is 21.4. The normalized spacial score (nSPS) is 11.2. The van der Waals surface area contributed by atoms with E-state index in [1.807, 2.05) is 48.5 Å². The molecule has 0 aliphatic heterocycles. The Balaban J connectivity index is 0.000000175. The first-order chi connectivity index (χ1) is 11.6. The molecule has 1 aromatic heterocycles. The summed E-state index contributed by atoms with van der Waals surface area (Å²) in [7, 11) is 0. The summed E-state index contributed by atoms with van der Waals surface area (Å²) in [5.41, 5.74) is 7.68. The van der Waals surface area contributed by atoms with E-state index in [0.29, 0.717) is 12.0 Å². The fraction of sp³-hybridized carbons (Fsp3) is 0.111.